The fourth-order valence-electron chi connectivity index (χ4n) is 0.418. The number of nitrogens with zero attached hydrogens (tertiary/aromatic N) is 1. The van der Waals surface area contributed by atoms with E-state index < -0.39 is 0 Å². The van der Waals surface area contributed by atoms with Crippen LogP contribution < -0.4 is 0 Å². The normalized spacial score (nSPS) is 8.50. The molecule has 10 heavy (non-hydrogen) atoms. The van der Waals surface area contributed by atoms with Gasteiger partial charge in [0.05, 0.1) is 5.33 Å². The molecule has 0 bridgehead atoms. The summed E-state index contributed by atoms with van der Waals surface area (Å²) in [6.45, 7) is 0. The molecule has 0 atom stereocenters. The Morgan fingerprint density at radius 2 is 2.50 bits per heavy atom. The molecule has 1 aromatic heterocycles. The third kappa shape index (κ3) is 2.48. The van der Waals surface area contributed by atoms with E-state index in [1.54, 1.807) is 11.6 Å². The van der Waals surface area contributed by atoms with Crippen LogP contribution in [0.2, 0.25) is 0 Å². The number of thiazole rings is 1. The minimum atomic E-state index is 0. The number of hydrogen-bond donors (Lipinski definition) is 0. The molecule has 0 amide bonds. The summed E-state index contributed by atoms with van der Waals surface area (Å²) in [5.41, 5.74) is 0. The Morgan fingerprint density at radius 1 is 1.80 bits per heavy atom. The first kappa shape index (κ1) is 10.3. The molecule has 0 aliphatic rings. The van der Waals surface area contributed by atoms with Crippen LogP contribution in [-0.2, 0) is 0 Å². The van der Waals surface area contributed by atoms with Gasteiger partial charge in [0.1, 0.15) is 0 Å². The number of rotatable bonds is 2. The number of carbonyl (C=O) groups excluding carboxylic acids is 1. The summed E-state index contributed by atoms with van der Waals surface area (Å²) in [5.74, 6) is 0.0463. The molecule has 1 aromatic rings. The van der Waals surface area contributed by atoms with E-state index in [-0.39, 0.29) is 22.8 Å². The summed E-state index contributed by atoms with van der Waals surface area (Å²) in [4.78, 5) is 14.6. The number of halogens is 2. The molecule has 1 heterocycles. The van der Waals surface area contributed by atoms with Gasteiger partial charge in [-0.1, -0.05) is 15.9 Å². The van der Waals surface area contributed by atoms with Crippen molar-refractivity contribution in [3.8, 4) is 0 Å². The van der Waals surface area contributed by atoms with Crippen LogP contribution in [0.5, 0.6) is 0 Å². The Balaban J connectivity index is 0.000000810. The van der Waals surface area contributed by atoms with Gasteiger partial charge in [0, 0.05) is 11.6 Å². The quantitative estimate of drug-likeness (QED) is 0.617. The first-order chi connectivity index (χ1) is 4.34. The minimum absolute atomic E-state index is 0. The van der Waals surface area contributed by atoms with Gasteiger partial charge in [-0.3, -0.25) is 4.79 Å². The van der Waals surface area contributed by atoms with E-state index in [0.29, 0.717) is 10.3 Å². The lowest BCUT2D eigenvalue weighted by Crippen LogP contribution is -1.97. The highest BCUT2D eigenvalue weighted by atomic mass is 79.9. The average Bonchev–Trinajstić information content (AvgIpc) is 2.37. The molecule has 0 aliphatic heterocycles. The molecule has 2 nitrogen and oxygen atoms in total. The van der Waals surface area contributed by atoms with Gasteiger partial charge in [0.25, 0.3) is 0 Å². The molecule has 0 spiro atoms. The van der Waals surface area contributed by atoms with Crippen LogP contribution in [0.4, 0.5) is 0 Å². The molecule has 0 aliphatic carbocycles. The van der Waals surface area contributed by atoms with E-state index in [0.717, 1.165) is 0 Å². The Kier molecular flexibility index (Phi) is 5.11. The second-order valence-electron chi connectivity index (χ2n) is 1.39. The van der Waals surface area contributed by atoms with Crippen LogP contribution in [0.1, 0.15) is 9.80 Å². The van der Waals surface area contributed by atoms with Crippen LogP contribution in [0.3, 0.4) is 0 Å². The fourth-order valence-corrected chi connectivity index (χ4v) is 1.45. The lowest BCUT2D eigenvalue weighted by atomic mass is 10.5. The minimum Gasteiger partial charge on any atom is -0.291 e. The second-order valence-corrected chi connectivity index (χ2v) is 2.85. The summed E-state index contributed by atoms with van der Waals surface area (Å²) >= 11 is 4.42. The first-order valence-electron chi connectivity index (χ1n) is 2.33. The van der Waals surface area contributed by atoms with E-state index in [9.17, 15) is 4.79 Å². The van der Waals surface area contributed by atoms with Gasteiger partial charge in [0.2, 0.25) is 5.78 Å². The Morgan fingerprint density at radius 3 is 2.90 bits per heavy atom. The number of ketones is 1. The van der Waals surface area contributed by atoms with Gasteiger partial charge < -0.3 is 0 Å². The molecule has 0 unspecified atom stereocenters. The maximum Gasteiger partial charge on any atom is 0.201 e. The van der Waals surface area contributed by atoms with Crippen molar-refractivity contribution in [2.75, 3.05) is 5.33 Å². The number of hydrogen-bond acceptors (Lipinski definition) is 3. The average molecular weight is 287 g/mol. The molecular weight excluding hydrogens is 282 g/mol. The summed E-state index contributed by atoms with van der Waals surface area (Å²) in [7, 11) is 0. The van der Waals surface area contributed by atoms with Crippen LogP contribution in [-0.4, -0.2) is 16.1 Å². The van der Waals surface area contributed by atoms with Crippen molar-refractivity contribution in [2.24, 2.45) is 0 Å². The van der Waals surface area contributed by atoms with Crippen molar-refractivity contribution < 1.29 is 4.79 Å². The van der Waals surface area contributed by atoms with Crippen molar-refractivity contribution >= 4 is 50.0 Å². The Labute approximate surface area is 81.6 Å². The molecule has 0 radical (unpaired) electrons. The van der Waals surface area contributed by atoms with Crippen molar-refractivity contribution in [2.45, 2.75) is 0 Å². The van der Waals surface area contributed by atoms with Crippen molar-refractivity contribution in [1.82, 2.24) is 4.98 Å². The van der Waals surface area contributed by atoms with E-state index in [2.05, 4.69) is 20.9 Å². The van der Waals surface area contributed by atoms with Gasteiger partial charge in [-0.25, -0.2) is 4.98 Å². The molecule has 0 fully saturated rings. The number of aromatic nitrogens is 1. The maximum absolute atomic E-state index is 10.8. The number of Topliss-reactive ketones (excluding diaryl/α,β-unsaturated/α-hetero) is 1. The van der Waals surface area contributed by atoms with Crippen molar-refractivity contribution in [3.63, 3.8) is 0 Å². The fraction of sp³-hybridized carbons (Fsp3) is 0.200. The standard InChI is InChI=1S/C5H4BrNOS.BrH/c6-3-4(8)5-7-1-2-9-5;/h1-2H,3H2;1H. The van der Waals surface area contributed by atoms with Crippen LogP contribution >= 0.6 is 44.2 Å². The summed E-state index contributed by atoms with van der Waals surface area (Å²) < 4.78 is 0. The van der Waals surface area contributed by atoms with Crippen LogP contribution in [0, 0.1) is 0 Å². The maximum atomic E-state index is 10.8. The van der Waals surface area contributed by atoms with Gasteiger partial charge in [-0.2, -0.15) is 0 Å². The number of carbonyl (C=O) groups is 1. The zero-order valence-electron chi connectivity index (χ0n) is 4.91. The summed E-state index contributed by atoms with van der Waals surface area (Å²) in [6, 6.07) is 0. The van der Waals surface area contributed by atoms with Gasteiger partial charge >= 0.3 is 0 Å². The molecule has 0 saturated carbocycles. The van der Waals surface area contributed by atoms with Gasteiger partial charge in [-0.15, -0.1) is 28.3 Å². The van der Waals surface area contributed by atoms with E-state index in [1.165, 1.54) is 11.3 Å². The predicted molar refractivity (Wildman–Crippen MR) is 50.6 cm³/mol. The lowest BCUT2D eigenvalue weighted by molar-refractivity contribution is 0.102. The Bertz CT molecular complexity index is 199. The van der Waals surface area contributed by atoms with E-state index in [4.69, 9.17) is 0 Å². The van der Waals surface area contributed by atoms with Crippen molar-refractivity contribution in [3.05, 3.63) is 16.6 Å². The highest BCUT2D eigenvalue weighted by Crippen LogP contribution is 2.05. The largest absolute Gasteiger partial charge is 0.291 e. The first-order valence-corrected chi connectivity index (χ1v) is 4.33. The van der Waals surface area contributed by atoms with Crippen molar-refractivity contribution in [1.29, 1.82) is 0 Å². The lowest BCUT2D eigenvalue weighted by Gasteiger charge is -1.83. The molecule has 0 saturated heterocycles. The van der Waals surface area contributed by atoms with Crippen LogP contribution in [0.15, 0.2) is 11.6 Å². The molecule has 56 valence electrons. The van der Waals surface area contributed by atoms with Gasteiger partial charge in [-0.05, 0) is 0 Å². The van der Waals surface area contributed by atoms with Gasteiger partial charge in [0.15, 0.2) is 5.01 Å². The molecule has 1 rings (SSSR count). The van der Waals surface area contributed by atoms with E-state index in [1.807, 2.05) is 0 Å². The highest BCUT2D eigenvalue weighted by Gasteiger charge is 2.03. The summed E-state index contributed by atoms with van der Waals surface area (Å²) in [5, 5.41) is 2.73. The SMILES string of the molecule is Br.O=C(CBr)c1nccs1. The predicted octanol–water partition coefficient (Wildman–Crippen LogP) is 2.30. The van der Waals surface area contributed by atoms with Crippen LogP contribution in [0.25, 0.3) is 0 Å². The zero-order valence-corrected chi connectivity index (χ0v) is 9.03. The zero-order chi connectivity index (χ0) is 6.69. The monoisotopic (exact) mass is 285 g/mol. The second kappa shape index (κ2) is 4.98. The smallest absolute Gasteiger partial charge is 0.201 e. The molecule has 0 N–H and O–H groups in total. The molecule has 5 heteroatoms. The molecule has 0 aromatic carbocycles. The number of alkyl halides is 1. The third-order valence-corrected chi connectivity index (χ3v) is 2.12. The highest BCUT2D eigenvalue weighted by molar-refractivity contribution is 9.09. The Hall–Kier alpha value is 0.260. The summed E-state index contributed by atoms with van der Waals surface area (Å²) in [6.07, 6.45) is 1.63. The molecular formula is C5H5Br2NOS. The third-order valence-electron chi connectivity index (χ3n) is 0.792. The van der Waals surface area contributed by atoms with E-state index >= 15 is 0 Å². The topological polar surface area (TPSA) is 30.0 Å².